The van der Waals surface area contributed by atoms with Crippen molar-refractivity contribution < 1.29 is 17.9 Å². The lowest BCUT2D eigenvalue weighted by atomic mass is 10.3. The lowest BCUT2D eigenvalue weighted by Crippen LogP contribution is -2.38. The molecular formula is C17H13F3N4OS. The van der Waals surface area contributed by atoms with Gasteiger partial charge < -0.3 is 4.74 Å². The minimum absolute atomic E-state index is 0.0545. The number of nitrogens with zero attached hydrogens (tertiary/aromatic N) is 2. The zero-order chi connectivity index (χ0) is 18.9. The molecule has 1 aromatic heterocycles. The highest BCUT2D eigenvalue weighted by atomic mass is 32.2. The Hall–Kier alpha value is -2.81. The molecule has 0 saturated carbocycles. The molecule has 0 aliphatic heterocycles. The second kappa shape index (κ2) is 6.83. The van der Waals surface area contributed by atoms with Crippen LogP contribution in [0.15, 0.2) is 58.5 Å². The van der Waals surface area contributed by atoms with Crippen molar-refractivity contribution in [2.45, 2.75) is 16.1 Å². The molecule has 0 spiro atoms. The van der Waals surface area contributed by atoms with Crippen LogP contribution < -0.4 is 10.2 Å². The number of benzene rings is 2. The summed E-state index contributed by atoms with van der Waals surface area (Å²) in [4.78, 5) is 4.98. The van der Waals surface area contributed by atoms with Gasteiger partial charge in [-0.05, 0) is 36.4 Å². The monoisotopic (exact) mass is 378 g/mol. The number of para-hydroxylation sites is 2. The van der Waals surface area contributed by atoms with Gasteiger partial charge in [-0.2, -0.15) is 13.2 Å². The maximum atomic E-state index is 13.1. The van der Waals surface area contributed by atoms with E-state index in [9.17, 15) is 13.2 Å². The topological polar surface area (TPSA) is 74.8 Å². The van der Waals surface area contributed by atoms with E-state index in [0.29, 0.717) is 15.2 Å². The van der Waals surface area contributed by atoms with E-state index in [-0.39, 0.29) is 16.1 Å². The fraction of sp³-hybridized carbons (Fsp3) is 0.118. The molecule has 26 heavy (non-hydrogen) atoms. The molecule has 5 nitrogen and oxygen atoms in total. The minimum atomic E-state index is -4.88. The van der Waals surface area contributed by atoms with Crippen molar-refractivity contribution in [1.29, 1.82) is 10.8 Å². The zero-order valence-electron chi connectivity index (χ0n) is 13.5. The van der Waals surface area contributed by atoms with Crippen molar-refractivity contribution in [2.75, 3.05) is 7.11 Å². The van der Waals surface area contributed by atoms with E-state index >= 15 is 0 Å². The summed E-state index contributed by atoms with van der Waals surface area (Å²) in [5.41, 5.74) is -0.167. The van der Waals surface area contributed by atoms with Gasteiger partial charge in [0.15, 0.2) is 5.49 Å². The summed E-state index contributed by atoms with van der Waals surface area (Å²) < 4.78 is 45.0. The van der Waals surface area contributed by atoms with Gasteiger partial charge in [-0.15, -0.1) is 0 Å². The average Bonchev–Trinajstić information content (AvgIpc) is 2.62. The van der Waals surface area contributed by atoms with E-state index in [0.717, 1.165) is 11.8 Å². The molecule has 2 N–H and O–H groups in total. The first-order valence-corrected chi connectivity index (χ1v) is 8.17. The molecule has 134 valence electrons. The van der Waals surface area contributed by atoms with Gasteiger partial charge in [0.2, 0.25) is 5.84 Å². The van der Waals surface area contributed by atoms with Gasteiger partial charge in [0, 0.05) is 4.90 Å². The van der Waals surface area contributed by atoms with Crippen molar-refractivity contribution in [3.8, 4) is 5.75 Å². The molecule has 0 amide bonds. The van der Waals surface area contributed by atoms with Gasteiger partial charge in [-0.1, -0.05) is 23.9 Å². The Kier molecular flexibility index (Phi) is 4.73. The Labute approximate surface area is 150 Å². The second-order valence-corrected chi connectivity index (χ2v) is 6.28. The predicted molar refractivity (Wildman–Crippen MR) is 91.9 cm³/mol. The summed E-state index contributed by atoms with van der Waals surface area (Å²) >= 11 is 1.05. The Morgan fingerprint density at radius 2 is 1.77 bits per heavy atom. The zero-order valence-corrected chi connectivity index (χ0v) is 14.3. The van der Waals surface area contributed by atoms with Crippen LogP contribution in [0.2, 0.25) is 0 Å². The van der Waals surface area contributed by atoms with E-state index in [1.165, 1.54) is 13.2 Å². The van der Waals surface area contributed by atoms with Crippen LogP contribution in [-0.4, -0.2) is 28.7 Å². The van der Waals surface area contributed by atoms with E-state index in [1.807, 2.05) is 0 Å². The second-order valence-electron chi connectivity index (χ2n) is 5.21. The van der Waals surface area contributed by atoms with E-state index in [1.54, 1.807) is 42.5 Å². The van der Waals surface area contributed by atoms with Crippen LogP contribution in [0.1, 0.15) is 0 Å². The summed E-state index contributed by atoms with van der Waals surface area (Å²) in [6.07, 6.45) is -4.88. The molecule has 2 aromatic carbocycles. The third-order valence-corrected chi connectivity index (χ3v) is 4.52. The molecule has 0 radical (unpaired) electrons. The summed E-state index contributed by atoms with van der Waals surface area (Å²) in [5, 5.41) is 15.8. The predicted octanol–water partition coefficient (Wildman–Crippen LogP) is 4.06. The third kappa shape index (κ3) is 3.43. The molecule has 0 unspecified atom stereocenters. The fourth-order valence-electron chi connectivity index (χ4n) is 2.31. The first-order valence-electron chi connectivity index (χ1n) is 7.35. The highest BCUT2D eigenvalue weighted by Gasteiger charge is 2.37. The number of alkyl halides is 3. The molecule has 3 rings (SSSR count). The summed E-state index contributed by atoms with van der Waals surface area (Å²) in [6.45, 7) is 0. The number of halogens is 3. The van der Waals surface area contributed by atoms with Gasteiger partial charge in [-0.3, -0.25) is 15.4 Å². The van der Waals surface area contributed by atoms with Gasteiger partial charge in [-0.25, -0.2) is 4.98 Å². The maximum absolute atomic E-state index is 13.1. The maximum Gasteiger partial charge on any atom is 0.449 e. The fourth-order valence-corrected chi connectivity index (χ4v) is 3.14. The van der Waals surface area contributed by atoms with Gasteiger partial charge in [0.1, 0.15) is 10.8 Å². The van der Waals surface area contributed by atoms with E-state index in [4.69, 9.17) is 15.6 Å². The minimum Gasteiger partial charge on any atom is -0.497 e. The molecule has 0 aliphatic rings. The van der Waals surface area contributed by atoms with Crippen LogP contribution in [0.5, 0.6) is 5.75 Å². The number of ether oxygens (including phenoxy) is 1. The Morgan fingerprint density at radius 1 is 1.12 bits per heavy atom. The van der Waals surface area contributed by atoms with Crippen molar-refractivity contribution in [2.24, 2.45) is 0 Å². The number of rotatable bonds is 3. The lowest BCUT2D eigenvalue weighted by molar-refractivity contribution is -0.0624. The van der Waals surface area contributed by atoms with Crippen LogP contribution in [0.4, 0.5) is 13.2 Å². The van der Waals surface area contributed by atoms with Crippen molar-refractivity contribution >= 4 is 28.6 Å². The molecular weight excluding hydrogens is 365 g/mol. The first kappa shape index (κ1) is 18.0. The molecule has 9 heteroatoms. The van der Waals surface area contributed by atoms with Crippen molar-refractivity contribution in [1.82, 2.24) is 9.55 Å². The van der Waals surface area contributed by atoms with E-state index in [2.05, 4.69) is 4.98 Å². The Morgan fingerprint density at radius 3 is 2.38 bits per heavy atom. The van der Waals surface area contributed by atoms with Crippen LogP contribution in [0.25, 0.3) is 11.0 Å². The number of aromatic nitrogens is 2. The molecule has 0 fully saturated rings. The van der Waals surface area contributed by atoms with Crippen LogP contribution >= 0.6 is 11.8 Å². The lowest BCUT2D eigenvalue weighted by Gasteiger charge is -2.16. The largest absolute Gasteiger partial charge is 0.497 e. The molecule has 3 aromatic rings. The SMILES string of the molecule is COc1ccc(Sc2nc3ccccc3n(C(=N)C(F)(F)F)c2=N)cc1. The van der Waals surface area contributed by atoms with Crippen LogP contribution in [-0.2, 0) is 0 Å². The van der Waals surface area contributed by atoms with Crippen molar-refractivity contribution in [3.05, 3.63) is 54.0 Å². The summed E-state index contributed by atoms with van der Waals surface area (Å²) in [5.74, 6) is -0.987. The molecule has 0 atom stereocenters. The Balaban J connectivity index is 2.15. The first-order chi connectivity index (χ1) is 12.3. The molecule has 0 bridgehead atoms. The number of hydrogen-bond donors (Lipinski definition) is 2. The van der Waals surface area contributed by atoms with Crippen LogP contribution in [0.3, 0.4) is 0 Å². The van der Waals surface area contributed by atoms with Crippen molar-refractivity contribution in [3.63, 3.8) is 0 Å². The summed E-state index contributed by atoms with van der Waals surface area (Å²) in [6, 6.07) is 13.0. The van der Waals surface area contributed by atoms with E-state index < -0.39 is 17.5 Å². The standard InChI is InChI=1S/C17H13F3N4OS/c1-25-10-6-8-11(9-7-10)26-15-14(21)24(16(22)17(18,19)20)13-5-3-2-4-12(13)23-15/h2-9,21-22H,1H3. The highest BCUT2D eigenvalue weighted by Crippen LogP contribution is 2.27. The normalized spacial score (nSPS) is 11.5. The number of fused-ring (bicyclic) bond motifs is 1. The molecule has 1 heterocycles. The Bertz CT molecular complexity index is 1030. The number of nitrogens with one attached hydrogen (secondary N) is 2. The van der Waals surface area contributed by atoms with Gasteiger partial charge in [0.25, 0.3) is 0 Å². The quantitative estimate of drug-likeness (QED) is 0.533. The van der Waals surface area contributed by atoms with Gasteiger partial charge in [0.05, 0.1) is 18.1 Å². The van der Waals surface area contributed by atoms with Crippen LogP contribution in [0, 0.1) is 10.8 Å². The molecule has 0 aliphatic carbocycles. The number of methoxy groups -OCH3 is 1. The highest BCUT2D eigenvalue weighted by molar-refractivity contribution is 7.99. The van der Waals surface area contributed by atoms with Gasteiger partial charge >= 0.3 is 6.18 Å². The molecule has 0 saturated heterocycles. The average molecular weight is 378 g/mol. The summed E-state index contributed by atoms with van der Waals surface area (Å²) in [7, 11) is 1.53. The number of hydrogen-bond acceptors (Lipinski definition) is 5. The smallest absolute Gasteiger partial charge is 0.449 e. The third-order valence-electron chi connectivity index (χ3n) is 3.54.